The molecule has 17 heavy (non-hydrogen) atoms. The van der Waals surface area contributed by atoms with Crippen molar-refractivity contribution in [1.82, 2.24) is 0 Å². The summed E-state index contributed by atoms with van der Waals surface area (Å²) in [6.07, 6.45) is 0.230. The highest BCUT2D eigenvalue weighted by molar-refractivity contribution is 7.82. The highest BCUT2D eigenvalue weighted by Gasteiger charge is 2.27. The van der Waals surface area contributed by atoms with E-state index in [1.54, 1.807) is 0 Å². The van der Waals surface area contributed by atoms with Gasteiger partial charge in [0.15, 0.2) is 0 Å². The third-order valence-corrected chi connectivity index (χ3v) is 3.46. The van der Waals surface area contributed by atoms with E-state index in [-0.39, 0.29) is 19.3 Å². The van der Waals surface area contributed by atoms with Crippen molar-refractivity contribution >= 4 is 43.0 Å². The number of thiol groups is 2. The highest BCUT2D eigenvalue weighted by Crippen LogP contribution is 2.24. The van der Waals surface area contributed by atoms with Gasteiger partial charge in [-0.3, -0.25) is 14.4 Å². The van der Waals surface area contributed by atoms with Crippen LogP contribution in [0.2, 0.25) is 0 Å². The molecule has 0 aliphatic rings. The number of hydrogen-bond donors (Lipinski definition) is 5. The lowest BCUT2D eigenvalue weighted by Gasteiger charge is -2.22. The highest BCUT2D eigenvalue weighted by atomic mass is 32.1. The molecule has 8 heteroatoms. The first-order valence-corrected chi connectivity index (χ1v) is 5.95. The topological polar surface area (TPSA) is 123 Å². The maximum Gasteiger partial charge on any atom is 0.303 e. The summed E-state index contributed by atoms with van der Waals surface area (Å²) in [5.41, 5.74) is 10.1. The van der Waals surface area contributed by atoms with Crippen LogP contribution in [0.15, 0.2) is 0 Å². The van der Waals surface area contributed by atoms with Crippen LogP contribution in [0, 0.1) is 5.92 Å². The zero-order valence-corrected chi connectivity index (χ0v) is 10.9. The Kier molecular flexibility index (Phi) is 7.05. The van der Waals surface area contributed by atoms with Gasteiger partial charge in [-0.1, -0.05) is 0 Å². The zero-order valence-electron chi connectivity index (χ0n) is 9.07. The Morgan fingerprint density at radius 2 is 1.65 bits per heavy atom. The predicted molar refractivity (Wildman–Crippen MR) is 68.9 cm³/mol. The van der Waals surface area contributed by atoms with Crippen molar-refractivity contribution in [2.24, 2.45) is 17.4 Å². The molecular weight excluding hydrogens is 264 g/mol. The molecule has 0 radical (unpaired) electrons. The lowest BCUT2D eigenvalue weighted by Crippen LogP contribution is -2.35. The summed E-state index contributed by atoms with van der Waals surface area (Å²) in [4.78, 5) is 32.3. The van der Waals surface area contributed by atoms with Gasteiger partial charge in [0, 0.05) is 6.42 Å². The van der Waals surface area contributed by atoms with Gasteiger partial charge < -0.3 is 16.6 Å². The van der Waals surface area contributed by atoms with Crippen molar-refractivity contribution in [3.05, 3.63) is 0 Å². The number of primary amides is 2. The van der Waals surface area contributed by atoms with Crippen LogP contribution in [0.3, 0.4) is 0 Å². The molecule has 0 rings (SSSR count). The Morgan fingerprint density at radius 1 is 1.12 bits per heavy atom. The summed E-state index contributed by atoms with van der Waals surface area (Å²) in [5, 5.41) is 7.01. The fourth-order valence-electron chi connectivity index (χ4n) is 1.35. The molecule has 0 aromatic heterocycles. The van der Waals surface area contributed by atoms with Crippen LogP contribution < -0.4 is 11.5 Å². The van der Waals surface area contributed by atoms with Gasteiger partial charge in [-0.15, -0.1) is 0 Å². The predicted octanol–water partition coefficient (Wildman–Crippen LogP) is -0.575. The molecule has 0 aliphatic carbocycles. The second-order valence-electron chi connectivity index (χ2n) is 3.69. The van der Waals surface area contributed by atoms with Gasteiger partial charge in [-0.2, -0.15) is 25.3 Å². The number of amides is 2. The molecule has 0 aliphatic heterocycles. The first-order valence-electron chi connectivity index (χ1n) is 4.92. The van der Waals surface area contributed by atoms with E-state index >= 15 is 0 Å². The summed E-state index contributed by atoms with van der Waals surface area (Å²) in [7, 11) is 0. The monoisotopic (exact) mass is 280 g/mol. The van der Waals surface area contributed by atoms with Gasteiger partial charge in [0.05, 0.1) is 10.5 Å². The third-order valence-electron chi connectivity index (χ3n) is 2.32. The van der Waals surface area contributed by atoms with Gasteiger partial charge >= 0.3 is 5.97 Å². The van der Waals surface area contributed by atoms with Crippen molar-refractivity contribution in [1.29, 1.82) is 0 Å². The van der Waals surface area contributed by atoms with E-state index in [1.165, 1.54) is 0 Å². The number of carboxylic acid groups (broad SMARTS) is 1. The largest absolute Gasteiger partial charge is 0.481 e. The molecule has 3 atom stereocenters. The van der Waals surface area contributed by atoms with Gasteiger partial charge in [0.2, 0.25) is 11.8 Å². The molecule has 0 bridgehead atoms. The smallest absolute Gasteiger partial charge is 0.303 e. The number of rotatable bonds is 8. The minimum atomic E-state index is -0.991. The van der Waals surface area contributed by atoms with Gasteiger partial charge in [0.25, 0.3) is 0 Å². The standard InChI is InChI=1S/C9H16N2O4S2/c10-8(14)5(16)3-4(1-2-6(12)13)7(17)9(11)15/h4-5,7,16-17H,1-3H2,(H2,10,14)(H2,11,15)(H,12,13). The molecule has 0 fully saturated rings. The van der Waals surface area contributed by atoms with Crippen LogP contribution in [-0.4, -0.2) is 33.4 Å². The summed E-state index contributed by atoms with van der Waals surface area (Å²) in [6.45, 7) is 0. The van der Waals surface area contributed by atoms with Crippen LogP contribution in [-0.2, 0) is 14.4 Å². The summed E-state index contributed by atoms with van der Waals surface area (Å²) >= 11 is 7.98. The number of carboxylic acids is 1. The molecule has 98 valence electrons. The van der Waals surface area contributed by atoms with Crippen LogP contribution in [0.1, 0.15) is 19.3 Å². The molecule has 0 saturated heterocycles. The van der Waals surface area contributed by atoms with Gasteiger partial charge in [0.1, 0.15) is 0 Å². The third kappa shape index (κ3) is 6.42. The lowest BCUT2D eigenvalue weighted by molar-refractivity contribution is -0.137. The summed E-state index contributed by atoms with van der Waals surface area (Å²) in [5.74, 6) is -2.72. The molecule has 3 unspecified atom stereocenters. The van der Waals surface area contributed by atoms with Crippen molar-refractivity contribution in [2.45, 2.75) is 29.8 Å². The van der Waals surface area contributed by atoms with Crippen molar-refractivity contribution in [2.75, 3.05) is 0 Å². The number of carbonyl (C=O) groups excluding carboxylic acids is 2. The first-order chi connectivity index (χ1) is 7.75. The molecule has 0 aromatic rings. The van der Waals surface area contributed by atoms with Crippen LogP contribution in [0.5, 0.6) is 0 Å². The zero-order chi connectivity index (χ0) is 13.6. The molecule has 5 N–H and O–H groups in total. The Bertz CT molecular complexity index is 311. The molecule has 0 spiro atoms. The van der Waals surface area contributed by atoms with Crippen molar-refractivity contribution in [3.63, 3.8) is 0 Å². The van der Waals surface area contributed by atoms with E-state index in [9.17, 15) is 14.4 Å². The molecule has 2 amide bonds. The normalized spacial score (nSPS) is 15.9. The van der Waals surface area contributed by atoms with Gasteiger partial charge in [-0.25, -0.2) is 0 Å². The first kappa shape index (κ1) is 16.1. The summed E-state index contributed by atoms with van der Waals surface area (Å²) in [6, 6.07) is 0. The molecule has 0 aromatic carbocycles. The molecule has 0 saturated carbocycles. The molecule has 6 nitrogen and oxygen atoms in total. The maximum absolute atomic E-state index is 11.0. The van der Waals surface area contributed by atoms with E-state index in [4.69, 9.17) is 16.6 Å². The van der Waals surface area contributed by atoms with Crippen LogP contribution in [0.4, 0.5) is 0 Å². The quantitative estimate of drug-likeness (QED) is 0.382. The second kappa shape index (κ2) is 7.44. The molecular formula is C9H16N2O4S2. The Balaban J connectivity index is 4.55. The number of hydrogen-bond acceptors (Lipinski definition) is 5. The van der Waals surface area contributed by atoms with E-state index in [2.05, 4.69) is 25.3 Å². The number of nitrogens with two attached hydrogens (primary N) is 2. The Hall–Kier alpha value is -0.890. The number of carbonyl (C=O) groups is 3. The fraction of sp³-hybridized carbons (Fsp3) is 0.667. The van der Waals surface area contributed by atoms with E-state index in [0.717, 1.165) is 0 Å². The SMILES string of the molecule is NC(=O)C(S)CC(CCC(=O)O)C(S)C(N)=O. The van der Waals surface area contributed by atoms with Gasteiger partial charge in [-0.05, 0) is 18.8 Å². The number of aliphatic carboxylic acids is 1. The van der Waals surface area contributed by atoms with E-state index in [0.29, 0.717) is 0 Å². The van der Waals surface area contributed by atoms with Crippen LogP contribution >= 0.6 is 25.3 Å². The lowest BCUT2D eigenvalue weighted by atomic mass is 9.93. The minimum Gasteiger partial charge on any atom is -0.481 e. The average molecular weight is 280 g/mol. The van der Waals surface area contributed by atoms with E-state index < -0.39 is 34.2 Å². The van der Waals surface area contributed by atoms with Crippen molar-refractivity contribution in [3.8, 4) is 0 Å². The van der Waals surface area contributed by atoms with Crippen molar-refractivity contribution < 1.29 is 19.5 Å². The Labute approximate surface area is 110 Å². The second-order valence-corrected chi connectivity index (χ2v) is 4.87. The van der Waals surface area contributed by atoms with E-state index in [1.807, 2.05) is 0 Å². The van der Waals surface area contributed by atoms with Crippen LogP contribution in [0.25, 0.3) is 0 Å². The molecule has 0 heterocycles. The summed E-state index contributed by atoms with van der Waals surface area (Å²) < 4.78 is 0. The maximum atomic E-state index is 11.0. The average Bonchev–Trinajstić information content (AvgIpc) is 2.22. The Morgan fingerprint density at radius 3 is 2.00 bits per heavy atom. The minimum absolute atomic E-state index is 0.131. The fourth-order valence-corrected chi connectivity index (χ4v) is 1.89.